The van der Waals surface area contributed by atoms with E-state index < -0.39 is 11.4 Å². The van der Waals surface area contributed by atoms with Crippen LogP contribution in [0.3, 0.4) is 0 Å². The number of amides is 2. The Morgan fingerprint density at radius 1 is 1.16 bits per heavy atom. The zero-order valence-electron chi connectivity index (χ0n) is 17.9. The molecule has 2 aromatic carbocycles. The number of methoxy groups -OCH3 is 1. The van der Waals surface area contributed by atoms with Crippen molar-refractivity contribution < 1.29 is 18.7 Å². The van der Waals surface area contributed by atoms with Crippen molar-refractivity contribution in [1.82, 2.24) is 4.90 Å². The van der Waals surface area contributed by atoms with Gasteiger partial charge in [-0.25, -0.2) is 0 Å². The minimum atomic E-state index is -1.61. The largest absolute Gasteiger partial charge is 0.450 e. The Bertz CT molecular complexity index is 1360. The predicted molar refractivity (Wildman–Crippen MR) is 120 cm³/mol. The van der Waals surface area contributed by atoms with E-state index in [-0.39, 0.29) is 42.4 Å². The van der Waals surface area contributed by atoms with Gasteiger partial charge in [0.05, 0.1) is 23.2 Å². The Morgan fingerprint density at radius 2 is 1.94 bits per heavy atom. The number of anilines is 1. The summed E-state index contributed by atoms with van der Waals surface area (Å²) in [5.74, 6) is -0.965. The fourth-order valence-electron chi connectivity index (χ4n) is 4.90. The highest BCUT2D eigenvalue weighted by Crippen LogP contribution is 2.52. The zero-order chi connectivity index (χ0) is 22.6. The van der Waals surface area contributed by atoms with Gasteiger partial charge in [-0.15, -0.1) is 6.58 Å². The molecular weight excluding hydrogens is 408 g/mol. The molecular formula is C25H22N2O5. The number of hydrogen-bond donors (Lipinski definition) is 0. The van der Waals surface area contributed by atoms with E-state index in [2.05, 4.69) is 6.58 Å². The van der Waals surface area contributed by atoms with Gasteiger partial charge in [-0.05, 0) is 25.1 Å². The number of rotatable bonds is 5. The molecule has 0 saturated heterocycles. The third-order valence-electron chi connectivity index (χ3n) is 6.22. The number of aryl methyl sites for hydroxylation is 1. The lowest BCUT2D eigenvalue weighted by Gasteiger charge is -2.34. The second kappa shape index (κ2) is 7.17. The lowest BCUT2D eigenvalue weighted by atomic mass is 9.84. The molecule has 1 atom stereocenters. The van der Waals surface area contributed by atoms with Crippen molar-refractivity contribution in [2.75, 3.05) is 31.7 Å². The molecule has 0 fully saturated rings. The molecule has 1 aromatic heterocycles. The molecule has 7 heteroatoms. The van der Waals surface area contributed by atoms with Crippen molar-refractivity contribution in [1.29, 1.82) is 0 Å². The van der Waals surface area contributed by atoms with Gasteiger partial charge in [-0.2, -0.15) is 0 Å². The van der Waals surface area contributed by atoms with E-state index in [1.807, 2.05) is 25.1 Å². The van der Waals surface area contributed by atoms with Crippen LogP contribution in [0, 0.1) is 6.92 Å². The second-order valence-electron chi connectivity index (χ2n) is 8.02. The molecule has 3 aromatic rings. The van der Waals surface area contributed by atoms with Crippen LogP contribution in [-0.2, 0) is 15.1 Å². The number of ether oxygens (including phenoxy) is 1. The van der Waals surface area contributed by atoms with Crippen molar-refractivity contribution in [2.45, 2.75) is 12.5 Å². The highest BCUT2D eigenvalue weighted by atomic mass is 16.5. The maximum Gasteiger partial charge on any atom is 0.291 e. The van der Waals surface area contributed by atoms with Crippen LogP contribution in [-0.4, -0.2) is 43.5 Å². The number of benzene rings is 2. The average molecular weight is 430 g/mol. The molecule has 1 spiro atoms. The SMILES string of the molecule is C=CCN1C(=O)[C@]2(c3ccccc31)c1c(oc3ccc(C)cc3c1=O)C(=O)N2CCOC. The lowest BCUT2D eigenvalue weighted by molar-refractivity contribution is -0.126. The van der Waals surface area contributed by atoms with Crippen LogP contribution in [0.15, 0.2) is 64.3 Å². The first-order chi connectivity index (χ1) is 15.5. The first kappa shape index (κ1) is 20.2. The summed E-state index contributed by atoms with van der Waals surface area (Å²) >= 11 is 0. The number of hydrogen-bond acceptors (Lipinski definition) is 5. The van der Waals surface area contributed by atoms with E-state index in [0.29, 0.717) is 22.2 Å². The van der Waals surface area contributed by atoms with Crippen LogP contribution in [0.5, 0.6) is 0 Å². The normalized spacial score (nSPS) is 19.2. The average Bonchev–Trinajstić information content (AvgIpc) is 3.18. The van der Waals surface area contributed by atoms with Crippen LogP contribution in [0.4, 0.5) is 5.69 Å². The smallest absolute Gasteiger partial charge is 0.291 e. The Morgan fingerprint density at radius 3 is 2.69 bits per heavy atom. The number of carbonyl (C=O) groups excluding carboxylic acids is 2. The van der Waals surface area contributed by atoms with Crippen LogP contribution in [0.2, 0.25) is 0 Å². The van der Waals surface area contributed by atoms with Gasteiger partial charge < -0.3 is 19.0 Å². The minimum absolute atomic E-state index is 0.0701. The summed E-state index contributed by atoms with van der Waals surface area (Å²) in [4.78, 5) is 44.5. The molecule has 5 rings (SSSR count). The van der Waals surface area contributed by atoms with Crippen LogP contribution >= 0.6 is 0 Å². The standard InChI is InChI=1S/C25H22N2O5/c1-4-11-26-18-8-6-5-7-17(18)25(24(26)30)20-21(28)16-14-15(2)9-10-19(16)32-22(20)23(29)27(25)12-13-31-3/h4-10,14H,1,11-13H2,2-3H3/t25-/m0/s1. The van der Waals surface area contributed by atoms with Crippen molar-refractivity contribution in [3.63, 3.8) is 0 Å². The van der Waals surface area contributed by atoms with Gasteiger partial charge in [0, 0.05) is 25.8 Å². The molecule has 0 radical (unpaired) electrons. The zero-order valence-corrected chi connectivity index (χ0v) is 17.9. The van der Waals surface area contributed by atoms with Gasteiger partial charge in [-0.3, -0.25) is 14.4 Å². The highest BCUT2D eigenvalue weighted by molar-refractivity contribution is 6.17. The van der Waals surface area contributed by atoms with Gasteiger partial charge in [0.15, 0.2) is 11.0 Å². The van der Waals surface area contributed by atoms with E-state index in [0.717, 1.165) is 5.56 Å². The summed E-state index contributed by atoms with van der Waals surface area (Å²) in [7, 11) is 1.52. The van der Waals surface area contributed by atoms with E-state index in [4.69, 9.17) is 9.15 Å². The number of para-hydroxylation sites is 1. The first-order valence-corrected chi connectivity index (χ1v) is 10.4. The van der Waals surface area contributed by atoms with Crippen molar-refractivity contribution in [2.24, 2.45) is 0 Å². The van der Waals surface area contributed by atoms with Gasteiger partial charge in [0.2, 0.25) is 5.76 Å². The van der Waals surface area contributed by atoms with Crippen LogP contribution < -0.4 is 10.3 Å². The summed E-state index contributed by atoms with van der Waals surface area (Å²) in [6, 6.07) is 12.5. The van der Waals surface area contributed by atoms with Gasteiger partial charge >= 0.3 is 0 Å². The maximum absolute atomic E-state index is 14.1. The minimum Gasteiger partial charge on any atom is -0.450 e. The molecule has 0 unspecified atom stereocenters. The molecule has 2 aliphatic rings. The predicted octanol–water partition coefficient (Wildman–Crippen LogP) is 2.98. The van der Waals surface area contributed by atoms with Crippen molar-refractivity contribution in [3.8, 4) is 0 Å². The number of fused-ring (bicyclic) bond motifs is 5. The molecule has 3 heterocycles. The van der Waals surface area contributed by atoms with Crippen LogP contribution in [0.1, 0.15) is 27.2 Å². The van der Waals surface area contributed by atoms with E-state index in [1.54, 1.807) is 35.2 Å². The number of carbonyl (C=O) groups is 2. The summed E-state index contributed by atoms with van der Waals surface area (Å²) in [6.45, 7) is 6.21. The highest BCUT2D eigenvalue weighted by Gasteiger charge is 2.64. The second-order valence-corrected chi connectivity index (χ2v) is 8.02. The van der Waals surface area contributed by atoms with E-state index in [9.17, 15) is 14.4 Å². The number of nitrogens with zero attached hydrogens (tertiary/aromatic N) is 2. The van der Waals surface area contributed by atoms with Crippen molar-refractivity contribution >= 4 is 28.5 Å². The molecule has 0 saturated carbocycles. The fourth-order valence-corrected chi connectivity index (χ4v) is 4.90. The Hall–Kier alpha value is -3.71. The molecule has 0 aliphatic carbocycles. The molecule has 162 valence electrons. The van der Waals surface area contributed by atoms with E-state index in [1.165, 1.54) is 12.0 Å². The maximum atomic E-state index is 14.1. The van der Waals surface area contributed by atoms with Gasteiger partial charge in [0.25, 0.3) is 11.8 Å². The first-order valence-electron chi connectivity index (χ1n) is 10.4. The Kier molecular flexibility index (Phi) is 4.53. The summed E-state index contributed by atoms with van der Waals surface area (Å²) in [5, 5.41) is 0.344. The van der Waals surface area contributed by atoms with E-state index >= 15 is 0 Å². The fraction of sp³-hybridized carbons (Fsp3) is 0.240. The van der Waals surface area contributed by atoms with Crippen LogP contribution in [0.25, 0.3) is 11.0 Å². The summed E-state index contributed by atoms with van der Waals surface area (Å²) in [6.07, 6.45) is 1.62. The molecule has 0 bridgehead atoms. The lowest BCUT2D eigenvalue weighted by Crippen LogP contribution is -2.54. The molecule has 32 heavy (non-hydrogen) atoms. The van der Waals surface area contributed by atoms with Gasteiger partial charge in [0.1, 0.15) is 5.58 Å². The molecule has 2 amide bonds. The molecule has 7 nitrogen and oxygen atoms in total. The summed E-state index contributed by atoms with van der Waals surface area (Å²) < 4.78 is 11.2. The quantitative estimate of drug-likeness (QED) is 0.582. The molecule has 2 aliphatic heterocycles. The van der Waals surface area contributed by atoms with Gasteiger partial charge in [-0.1, -0.05) is 35.9 Å². The topological polar surface area (TPSA) is 80.1 Å². The summed E-state index contributed by atoms with van der Waals surface area (Å²) in [5.41, 5.74) is 0.508. The third-order valence-corrected chi connectivity index (χ3v) is 6.22. The Balaban J connectivity index is 1.91. The third kappa shape index (κ3) is 2.42. The van der Waals surface area contributed by atoms with Crippen molar-refractivity contribution in [3.05, 3.63) is 87.8 Å². The monoisotopic (exact) mass is 430 g/mol. The Labute approximate surface area is 184 Å². The molecule has 0 N–H and O–H groups in total.